The number of nitrogens with zero attached hydrogens (tertiary/aromatic N) is 7. The third-order valence-corrected chi connectivity index (χ3v) is 8.04. The SMILES string of the molecule is [C-]#[N+]c1c(F)ccc([C@H]2CN3CCN(C(=O)C4CCCc5cc(-n6cnnn6)ccc54)C[C@H]3CO2)c1C. The predicted molar refractivity (Wildman–Crippen MR) is 133 cm³/mol. The molecule has 1 unspecified atom stereocenters. The van der Waals surface area contributed by atoms with Gasteiger partial charge in [0.15, 0.2) is 0 Å². The fourth-order valence-electron chi connectivity index (χ4n) is 6.04. The van der Waals surface area contributed by atoms with Gasteiger partial charge in [0.05, 0.1) is 36.9 Å². The smallest absolute Gasteiger partial charge is 0.230 e. The van der Waals surface area contributed by atoms with Crippen LogP contribution >= 0.6 is 0 Å². The third-order valence-electron chi connectivity index (χ3n) is 8.04. The van der Waals surface area contributed by atoms with Crippen molar-refractivity contribution in [1.29, 1.82) is 0 Å². The lowest BCUT2D eigenvalue weighted by Crippen LogP contribution is -2.60. The standard InChI is InChI=1S/C27H28FN7O2/c1-17-21(8-9-24(28)26(17)29-2)25-14-33-10-11-34(13-20(33)15-37-25)27(36)23-5-3-4-18-12-19(6-7-22(18)23)35-16-30-31-32-35/h6-9,12,16,20,23,25H,3-5,10-11,13-15H2,1H3/t20-,23?,25+/m0/s1. The highest BCUT2D eigenvalue weighted by Crippen LogP contribution is 2.37. The highest BCUT2D eigenvalue weighted by molar-refractivity contribution is 5.84. The number of hydrogen-bond donors (Lipinski definition) is 0. The minimum absolute atomic E-state index is 0.0662. The molecule has 2 saturated heterocycles. The Morgan fingerprint density at radius 3 is 2.86 bits per heavy atom. The van der Waals surface area contributed by atoms with Crippen LogP contribution in [-0.4, -0.2) is 74.7 Å². The Balaban J connectivity index is 1.14. The number of halogens is 1. The van der Waals surface area contributed by atoms with Crippen molar-refractivity contribution in [1.82, 2.24) is 30.0 Å². The topological polar surface area (TPSA) is 80.7 Å². The lowest BCUT2D eigenvalue weighted by molar-refractivity contribution is -0.142. The Kier molecular flexibility index (Phi) is 6.18. The van der Waals surface area contributed by atoms with E-state index in [-0.39, 0.29) is 29.7 Å². The van der Waals surface area contributed by atoms with Gasteiger partial charge in [0.1, 0.15) is 12.1 Å². The number of benzene rings is 2. The number of aromatic nitrogens is 4. The van der Waals surface area contributed by atoms with Crippen LogP contribution in [0.3, 0.4) is 0 Å². The summed E-state index contributed by atoms with van der Waals surface area (Å²) in [6, 6.07) is 9.34. The van der Waals surface area contributed by atoms with Crippen molar-refractivity contribution < 1.29 is 13.9 Å². The van der Waals surface area contributed by atoms with Crippen LogP contribution in [-0.2, 0) is 16.0 Å². The number of tetrazole rings is 1. The molecular formula is C27H28FN7O2. The average Bonchev–Trinajstić information content (AvgIpc) is 3.47. The van der Waals surface area contributed by atoms with Crippen molar-refractivity contribution in [2.75, 3.05) is 32.8 Å². The molecule has 0 spiro atoms. The molecule has 9 nitrogen and oxygen atoms in total. The van der Waals surface area contributed by atoms with E-state index in [0.717, 1.165) is 42.6 Å². The molecule has 0 saturated carbocycles. The van der Waals surface area contributed by atoms with E-state index in [9.17, 15) is 9.18 Å². The van der Waals surface area contributed by atoms with Crippen molar-refractivity contribution in [3.05, 3.63) is 76.1 Å². The Morgan fingerprint density at radius 1 is 1.19 bits per heavy atom. The summed E-state index contributed by atoms with van der Waals surface area (Å²) in [5.41, 5.74) is 4.78. The highest BCUT2D eigenvalue weighted by Gasteiger charge is 2.38. The van der Waals surface area contributed by atoms with Crippen LogP contribution in [0.5, 0.6) is 0 Å². The molecule has 10 heteroatoms. The number of piperazine rings is 1. The lowest BCUT2D eigenvalue weighted by Gasteiger charge is -2.47. The lowest BCUT2D eigenvalue weighted by atomic mass is 9.81. The molecule has 190 valence electrons. The van der Waals surface area contributed by atoms with E-state index in [4.69, 9.17) is 11.3 Å². The van der Waals surface area contributed by atoms with Crippen molar-refractivity contribution in [3.8, 4) is 5.69 Å². The molecule has 2 aromatic carbocycles. The maximum atomic E-state index is 14.0. The maximum Gasteiger partial charge on any atom is 0.230 e. The third kappa shape index (κ3) is 4.28. The molecule has 2 fully saturated rings. The van der Waals surface area contributed by atoms with Gasteiger partial charge < -0.3 is 9.64 Å². The molecule has 6 rings (SSSR count). The van der Waals surface area contributed by atoms with Crippen molar-refractivity contribution in [2.24, 2.45) is 0 Å². The van der Waals surface area contributed by atoms with E-state index in [1.807, 2.05) is 11.0 Å². The number of amides is 1. The van der Waals surface area contributed by atoms with Gasteiger partial charge in [-0.3, -0.25) is 9.69 Å². The molecule has 2 aliphatic heterocycles. The van der Waals surface area contributed by atoms with Gasteiger partial charge in [0, 0.05) is 26.2 Å². The molecule has 3 aliphatic rings. The monoisotopic (exact) mass is 501 g/mol. The number of rotatable bonds is 3. The molecule has 0 radical (unpaired) electrons. The summed E-state index contributed by atoms with van der Waals surface area (Å²) in [5, 5.41) is 11.4. The zero-order valence-corrected chi connectivity index (χ0v) is 20.7. The van der Waals surface area contributed by atoms with Crippen LogP contribution in [0.4, 0.5) is 10.1 Å². The van der Waals surface area contributed by atoms with Gasteiger partial charge in [0.25, 0.3) is 0 Å². The molecule has 1 amide bonds. The zero-order valence-electron chi connectivity index (χ0n) is 20.7. The van der Waals surface area contributed by atoms with Crippen molar-refractivity contribution in [3.63, 3.8) is 0 Å². The number of ether oxygens (including phenoxy) is 1. The molecule has 0 N–H and O–H groups in total. The van der Waals surface area contributed by atoms with Crippen LogP contribution in [0.2, 0.25) is 0 Å². The van der Waals surface area contributed by atoms with Crippen LogP contribution < -0.4 is 0 Å². The first kappa shape index (κ1) is 23.7. The second-order valence-corrected chi connectivity index (χ2v) is 10.1. The highest BCUT2D eigenvalue weighted by atomic mass is 19.1. The van der Waals surface area contributed by atoms with Gasteiger partial charge in [-0.2, -0.15) is 0 Å². The minimum atomic E-state index is -0.493. The minimum Gasteiger partial charge on any atom is -0.371 e. The first-order chi connectivity index (χ1) is 18.0. The quantitative estimate of drug-likeness (QED) is 0.512. The van der Waals surface area contributed by atoms with Crippen molar-refractivity contribution in [2.45, 2.75) is 44.2 Å². The van der Waals surface area contributed by atoms with Crippen LogP contribution in [0.15, 0.2) is 36.7 Å². The summed E-state index contributed by atoms with van der Waals surface area (Å²) in [5.74, 6) is -0.439. The fraction of sp³-hybridized carbons (Fsp3) is 0.444. The first-order valence-electron chi connectivity index (χ1n) is 12.7. The Morgan fingerprint density at radius 2 is 2.05 bits per heavy atom. The number of fused-ring (bicyclic) bond motifs is 2. The second-order valence-electron chi connectivity index (χ2n) is 10.1. The molecule has 3 atom stereocenters. The summed E-state index contributed by atoms with van der Waals surface area (Å²) in [4.78, 5) is 21.4. The van der Waals surface area contributed by atoms with E-state index in [2.05, 4.69) is 37.4 Å². The van der Waals surface area contributed by atoms with E-state index in [1.165, 1.54) is 11.6 Å². The van der Waals surface area contributed by atoms with E-state index in [0.29, 0.717) is 31.8 Å². The van der Waals surface area contributed by atoms with Gasteiger partial charge in [-0.05, 0) is 77.1 Å². The molecule has 3 heterocycles. The molecular weight excluding hydrogens is 473 g/mol. The summed E-state index contributed by atoms with van der Waals surface area (Å²) in [6.07, 6.45) is 4.13. The number of hydrogen-bond acceptors (Lipinski definition) is 6. The van der Waals surface area contributed by atoms with Crippen LogP contribution in [0, 0.1) is 19.3 Å². The largest absolute Gasteiger partial charge is 0.371 e. The van der Waals surface area contributed by atoms with Crippen LogP contribution in [0.25, 0.3) is 10.5 Å². The summed E-state index contributed by atoms with van der Waals surface area (Å²) in [6.45, 7) is 12.3. The summed E-state index contributed by atoms with van der Waals surface area (Å²) < 4.78 is 21.8. The molecule has 3 aromatic rings. The summed E-state index contributed by atoms with van der Waals surface area (Å²) >= 11 is 0. The van der Waals surface area contributed by atoms with Crippen LogP contribution in [0.1, 0.15) is 47.1 Å². The van der Waals surface area contributed by atoms with Crippen molar-refractivity contribution >= 4 is 11.6 Å². The second kappa shape index (κ2) is 9.65. The number of morpholine rings is 1. The van der Waals surface area contributed by atoms with Gasteiger partial charge >= 0.3 is 0 Å². The first-order valence-corrected chi connectivity index (χ1v) is 12.7. The fourth-order valence-corrected chi connectivity index (χ4v) is 6.04. The van der Waals surface area contributed by atoms with Gasteiger partial charge in [-0.1, -0.05) is 12.1 Å². The Hall–Kier alpha value is -3.68. The predicted octanol–water partition coefficient (Wildman–Crippen LogP) is 3.36. The van der Waals surface area contributed by atoms with E-state index in [1.54, 1.807) is 24.0 Å². The number of aryl methyl sites for hydroxylation is 1. The van der Waals surface area contributed by atoms with E-state index >= 15 is 0 Å². The Bertz CT molecular complexity index is 1370. The zero-order chi connectivity index (χ0) is 25.5. The van der Waals surface area contributed by atoms with Gasteiger partial charge in [-0.15, -0.1) is 5.10 Å². The molecule has 1 aromatic heterocycles. The molecule has 0 bridgehead atoms. The Labute approximate surface area is 214 Å². The number of carbonyl (C=O) groups excluding carboxylic acids is 1. The average molecular weight is 502 g/mol. The van der Waals surface area contributed by atoms with E-state index < -0.39 is 5.82 Å². The molecule has 37 heavy (non-hydrogen) atoms. The molecule has 1 aliphatic carbocycles. The van der Waals surface area contributed by atoms with Gasteiger partial charge in [0.2, 0.25) is 11.6 Å². The number of carbonyl (C=O) groups is 1. The maximum absolute atomic E-state index is 14.0. The summed E-state index contributed by atoms with van der Waals surface area (Å²) in [7, 11) is 0. The van der Waals surface area contributed by atoms with Gasteiger partial charge in [-0.25, -0.2) is 13.9 Å². The normalized spacial score (nSPS) is 23.7.